The summed E-state index contributed by atoms with van der Waals surface area (Å²) in [5, 5.41) is 3.39. The third-order valence-electron chi connectivity index (χ3n) is 4.39. The van der Waals surface area contributed by atoms with Gasteiger partial charge in [0.2, 0.25) is 0 Å². The smallest absolute Gasteiger partial charge is 0.193 e. The van der Waals surface area contributed by atoms with Crippen LogP contribution in [-0.2, 0) is 13.0 Å². The highest BCUT2D eigenvalue weighted by Crippen LogP contribution is 2.27. The van der Waals surface area contributed by atoms with Crippen LogP contribution in [0.4, 0.5) is 0 Å². The average Bonchev–Trinajstić information content (AvgIpc) is 2.72. The molecule has 0 fully saturated rings. The molecular formula is C21H30IN3O3. The number of benzene rings is 2. The van der Waals surface area contributed by atoms with Gasteiger partial charge in [-0.2, -0.15) is 0 Å². The minimum atomic E-state index is 0. The van der Waals surface area contributed by atoms with E-state index in [1.807, 2.05) is 43.4 Å². The summed E-state index contributed by atoms with van der Waals surface area (Å²) in [6.07, 6.45) is 0.867. The molecular weight excluding hydrogens is 469 g/mol. The number of para-hydroxylation sites is 1. The fourth-order valence-corrected chi connectivity index (χ4v) is 2.85. The normalized spacial score (nSPS) is 10.7. The maximum atomic E-state index is 5.40. The maximum Gasteiger partial charge on any atom is 0.193 e. The van der Waals surface area contributed by atoms with Gasteiger partial charge in [0.25, 0.3) is 0 Å². The third-order valence-corrected chi connectivity index (χ3v) is 4.39. The van der Waals surface area contributed by atoms with E-state index in [9.17, 15) is 0 Å². The minimum absolute atomic E-state index is 0. The summed E-state index contributed by atoms with van der Waals surface area (Å²) < 4.78 is 16.1. The van der Waals surface area contributed by atoms with Gasteiger partial charge in [0.15, 0.2) is 17.5 Å². The number of aliphatic imine (C=N–C) groups is 1. The molecule has 2 rings (SSSR count). The lowest BCUT2D eigenvalue weighted by molar-refractivity contribution is 0.354. The predicted molar refractivity (Wildman–Crippen MR) is 124 cm³/mol. The monoisotopic (exact) mass is 499 g/mol. The molecule has 0 bridgehead atoms. The van der Waals surface area contributed by atoms with Gasteiger partial charge in [0.1, 0.15) is 5.75 Å². The fraction of sp³-hybridized carbons (Fsp3) is 0.381. The molecule has 7 heteroatoms. The zero-order valence-corrected chi connectivity index (χ0v) is 19.5. The fourth-order valence-electron chi connectivity index (χ4n) is 2.85. The Morgan fingerprint density at radius 2 is 1.64 bits per heavy atom. The summed E-state index contributed by atoms with van der Waals surface area (Å²) >= 11 is 0. The Hall–Kier alpha value is -2.16. The van der Waals surface area contributed by atoms with Gasteiger partial charge in [-0.15, -0.1) is 24.0 Å². The van der Waals surface area contributed by atoms with Crippen molar-refractivity contribution in [2.45, 2.75) is 13.0 Å². The Balaban J connectivity index is 0.00000392. The molecule has 2 aromatic rings. The Morgan fingerprint density at radius 1 is 0.964 bits per heavy atom. The van der Waals surface area contributed by atoms with Crippen molar-refractivity contribution in [2.24, 2.45) is 4.99 Å². The molecule has 0 radical (unpaired) electrons. The zero-order valence-electron chi connectivity index (χ0n) is 17.2. The van der Waals surface area contributed by atoms with Crippen LogP contribution in [0.2, 0.25) is 0 Å². The van der Waals surface area contributed by atoms with Crippen LogP contribution in [0, 0.1) is 0 Å². The van der Waals surface area contributed by atoms with Crippen LogP contribution in [-0.4, -0.2) is 52.8 Å². The summed E-state index contributed by atoms with van der Waals surface area (Å²) in [6.45, 7) is 1.47. The van der Waals surface area contributed by atoms with Crippen molar-refractivity contribution in [3.63, 3.8) is 0 Å². The van der Waals surface area contributed by atoms with Crippen LogP contribution in [0.15, 0.2) is 47.5 Å². The van der Waals surface area contributed by atoms with Gasteiger partial charge < -0.3 is 24.4 Å². The standard InChI is InChI=1S/C21H29N3O3.HI/c1-22-21(23-15-17-8-6-7-9-18(17)25-3)24(2)13-12-16-10-11-19(26-4)20(14-16)27-5;/h6-11,14H,12-13,15H2,1-5H3,(H,22,23);1H. The highest BCUT2D eigenvalue weighted by molar-refractivity contribution is 14.0. The lowest BCUT2D eigenvalue weighted by Gasteiger charge is -2.22. The second kappa shape index (κ2) is 12.3. The van der Waals surface area contributed by atoms with E-state index in [4.69, 9.17) is 14.2 Å². The summed E-state index contributed by atoms with van der Waals surface area (Å²) in [5.74, 6) is 3.19. The van der Waals surface area contributed by atoms with E-state index >= 15 is 0 Å². The maximum absolute atomic E-state index is 5.40. The Morgan fingerprint density at radius 3 is 2.29 bits per heavy atom. The Kier molecular flexibility index (Phi) is 10.5. The first kappa shape index (κ1) is 23.9. The molecule has 0 saturated heterocycles. The molecule has 0 aliphatic heterocycles. The largest absolute Gasteiger partial charge is 0.496 e. The first-order valence-electron chi connectivity index (χ1n) is 8.87. The lowest BCUT2D eigenvalue weighted by atomic mass is 10.1. The molecule has 154 valence electrons. The summed E-state index contributed by atoms with van der Waals surface area (Å²) in [5.41, 5.74) is 2.27. The molecule has 0 aliphatic rings. The molecule has 0 spiro atoms. The molecule has 0 atom stereocenters. The van der Waals surface area contributed by atoms with E-state index in [0.29, 0.717) is 6.54 Å². The van der Waals surface area contributed by atoms with E-state index in [1.165, 1.54) is 5.56 Å². The number of hydrogen-bond donors (Lipinski definition) is 1. The lowest BCUT2D eigenvalue weighted by Crippen LogP contribution is -2.39. The minimum Gasteiger partial charge on any atom is -0.496 e. The number of nitrogens with zero attached hydrogens (tertiary/aromatic N) is 2. The van der Waals surface area contributed by atoms with E-state index in [1.54, 1.807) is 28.4 Å². The van der Waals surface area contributed by atoms with Gasteiger partial charge in [0.05, 0.1) is 21.3 Å². The van der Waals surface area contributed by atoms with E-state index in [0.717, 1.165) is 41.7 Å². The van der Waals surface area contributed by atoms with Crippen molar-refractivity contribution < 1.29 is 14.2 Å². The van der Waals surface area contributed by atoms with E-state index < -0.39 is 0 Å². The van der Waals surface area contributed by atoms with Crippen LogP contribution in [0.1, 0.15) is 11.1 Å². The van der Waals surface area contributed by atoms with Crippen molar-refractivity contribution in [3.8, 4) is 17.2 Å². The van der Waals surface area contributed by atoms with E-state index in [2.05, 4.69) is 21.3 Å². The van der Waals surface area contributed by atoms with Gasteiger partial charge in [-0.25, -0.2) is 0 Å². The van der Waals surface area contributed by atoms with Crippen molar-refractivity contribution in [2.75, 3.05) is 42.0 Å². The molecule has 2 aromatic carbocycles. The number of likely N-dealkylation sites (N-methyl/N-ethyl adjacent to an activating group) is 1. The van der Waals surface area contributed by atoms with Crippen LogP contribution < -0.4 is 19.5 Å². The van der Waals surface area contributed by atoms with Crippen molar-refractivity contribution in [3.05, 3.63) is 53.6 Å². The number of methoxy groups -OCH3 is 3. The number of nitrogens with one attached hydrogen (secondary N) is 1. The second-order valence-electron chi connectivity index (χ2n) is 6.07. The van der Waals surface area contributed by atoms with Crippen LogP contribution in [0.5, 0.6) is 17.2 Å². The molecule has 1 N–H and O–H groups in total. The third kappa shape index (κ3) is 6.47. The van der Waals surface area contributed by atoms with Gasteiger partial charge >= 0.3 is 0 Å². The van der Waals surface area contributed by atoms with Crippen LogP contribution in [0.25, 0.3) is 0 Å². The Bertz CT molecular complexity index is 768. The highest BCUT2D eigenvalue weighted by Gasteiger charge is 2.09. The van der Waals surface area contributed by atoms with Gasteiger partial charge in [-0.05, 0) is 30.2 Å². The second-order valence-corrected chi connectivity index (χ2v) is 6.07. The molecule has 0 aromatic heterocycles. The first-order chi connectivity index (χ1) is 13.1. The Labute approximate surface area is 184 Å². The van der Waals surface area contributed by atoms with Crippen molar-refractivity contribution >= 4 is 29.9 Å². The molecule has 0 amide bonds. The van der Waals surface area contributed by atoms with Crippen molar-refractivity contribution in [1.82, 2.24) is 10.2 Å². The first-order valence-corrected chi connectivity index (χ1v) is 8.87. The van der Waals surface area contributed by atoms with Crippen LogP contribution >= 0.6 is 24.0 Å². The SMILES string of the molecule is CN=C(NCc1ccccc1OC)N(C)CCc1ccc(OC)c(OC)c1.I. The summed E-state index contributed by atoms with van der Waals surface area (Å²) in [7, 11) is 8.79. The summed E-state index contributed by atoms with van der Waals surface area (Å²) in [6, 6.07) is 14.0. The molecule has 0 unspecified atom stereocenters. The van der Waals surface area contributed by atoms with Crippen molar-refractivity contribution in [1.29, 1.82) is 0 Å². The van der Waals surface area contributed by atoms with E-state index in [-0.39, 0.29) is 24.0 Å². The topological polar surface area (TPSA) is 55.3 Å². The zero-order chi connectivity index (χ0) is 19.6. The highest BCUT2D eigenvalue weighted by atomic mass is 127. The molecule has 0 saturated carbocycles. The summed E-state index contributed by atoms with van der Waals surface area (Å²) in [4.78, 5) is 6.48. The predicted octanol–water partition coefficient (Wildman–Crippen LogP) is 3.58. The van der Waals surface area contributed by atoms with Crippen LogP contribution in [0.3, 0.4) is 0 Å². The van der Waals surface area contributed by atoms with Gasteiger partial charge in [0, 0.05) is 32.7 Å². The number of halogens is 1. The number of hydrogen-bond acceptors (Lipinski definition) is 4. The van der Waals surface area contributed by atoms with Gasteiger partial charge in [-0.3, -0.25) is 4.99 Å². The molecule has 6 nitrogen and oxygen atoms in total. The molecule has 0 aliphatic carbocycles. The molecule has 0 heterocycles. The average molecular weight is 499 g/mol. The van der Waals surface area contributed by atoms with Gasteiger partial charge in [-0.1, -0.05) is 24.3 Å². The number of guanidine groups is 1. The number of rotatable bonds is 8. The molecule has 28 heavy (non-hydrogen) atoms. The quantitative estimate of drug-likeness (QED) is 0.342. The number of ether oxygens (including phenoxy) is 3.